The van der Waals surface area contributed by atoms with Crippen LogP contribution in [0.15, 0.2) is 46.2 Å². The minimum Gasteiger partial charge on any atom is -0.339 e. The van der Waals surface area contributed by atoms with E-state index in [-0.39, 0.29) is 17.2 Å². The molecule has 1 N–H and O–H groups in total. The normalized spacial score (nSPS) is 11.4. The molecule has 0 aliphatic carbocycles. The first-order valence-corrected chi connectivity index (χ1v) is 11.5. The largest absolute Gasteiger partial charge is 0.341 e. The van der Waals surface area contributed by atoms with E-state index in [0.717, 1.165) is 29.5 Å². The Hall–Kier alpha value is -3.08. The van der Waals surface area contributed by atoms with Crippen molar-refractivity contribution in [2.24, 2.45) is 7.05 Å². The number of anilines is 1. The summed E-state index contributed by atoms with van der Waals surface area (Å²) < 4.78 is 51.0. The molecule has 11 heteroatoms. The van der Waals surface area contributed by atoms with Crippen molar-refractivity contribution in [2.45, 2.75) is 37.3 Å². The number of carbonyl (C=O) groups is 2. The Labute approximate surface area is 184 Å². The van der Waals surface area contributed by atoms with E-state index in [2.05, 4.69) is 5.32 Å². The summed E-state index contributed by atoms with van der Waals surface area (Å²) in [7, 11) is -3.65. The van der Waals surface area contributed by atoms with E-state index in [0.29, 0.717) is 13.1 Å². The van der Waals surface area contributed by atoms with E-state index in [4.69, 9.17) is 0 Å². The number of halogens is 2. The fourth-order valence-corrected chi connectivity index (χ4v) is 4.07. The molecule has 0 fully saturated rings. The van der Waals surface area contributed by atoms with Gasteiger partial charge in [0.15, 0.2) is 0 Å². The fraction of sp³-hybridized carbons (Fsp3) is 0.381. The van der Waals surface area contributed by atoms with Gasteiger partial charge in [0.1, 0.15) is 5.69 Å². The van der Waals surface area contributed by atoms with Crippen molar-refractivity contribution in [1.82, 2.24) is 9.47 Å². The van der Waals surface area contributed by atoms with Gasteiger partial charge in [-0.05, 0) is 31.0 Å². The summed E-state index contributed by atoms with van der Waals surface area (Å²) in [4.78, 5) is 38.9. The second-order valence-corrected chi connectivity index (χ2v) is 8.99. The van der Waals surface area contributed by atoms with Gasteiger partial charge in [-0.25, -0.2) is 8.42 Å². The maximum Gasteiger partial charge on any atom is 0.341 e. The van der Waals surface area contributed by atoms with Gasteiger partial charge < -0.3 is 14.8 Å². The highest BCUT2D eigenvalue weighted by Gasteiger charge is 2.31. The highest BCUT2D eigenvalue weighted by Crippen LogP contribution is 2.23. The molecule has 0 unspecified atom stereocenters. The van der Waals surface area contributed by atoms with Crippen molar-refractivity contribution in [1.29, 1.82) is 0 Å². The minimum atomic E-state index is -5.05. The third kappa shape index (κ3) is 5.39. The monoisotopic (exact) mass is 469 g/mol. The summed E-state index contributed by atoms with van der Waals surface area (Å²) in [5.74, 6) is -5.11. The van der Waals surface area contributed by atoms with Gasteiger partial charge in [-0.2, -0.15) is 8.78 Å². The fourth-order valence-electron chi connectivity index (χ4n) is 3.14. The Morgan fingerprint density at radius 3 is 2.28 bits per heavy atom. The van der Waals surface area contributed by atoms with Gasteiger partial charge in [-0.3, -0.25) is 14.4 Å². The third-order valence-corrected chi connectivity index (χ3v) is 6.06. The summed E-state index contributed by atoms with van der Waals surface area (Å²) in [6, 6.07) is 5.67. The standard InChI is InChI=1S/C21H25F2N3O5S/c1-4-10-26(11-5-2)19(28)14-12-16(20(29)25(3)13-14)24-18(27)15-8-6-7-9-17(15)32(30,31)21(22)23/h6-9,12-13,21H,4-5,10-11H2,1-3H3,(H,24,27). The lowest BCUT2D eigenvalue weighted by Gasteiger charge is -2.22. The number of rotatable bonds is 9. The molecule has 8 nitrogen and oxygen atoms in total. The highest BCUT2D eigenvalue weighted by atomic mass is 32.2. The Morgan fingerprint density at radius 2 is 1.72 bits per heavy atom. The quantitative estimate of drug-likeness (QED) is 0.608. The molecule has 0 saturated carbocycles. The van der Waals surface area contributed by atoms with Crippen LogP contribution in [0.3, 0.4) is 0 Å². The van der Waals surface area contributed by atoms with E-state index in [1.165, 1.54) is 31.4 Å². The lowest BCUT2D eigenvalue weighted by molar-refractivity contribution is 0.0754. The second-order valence-electron chi connectivity index (χ2n) is 7.11. The average molecular weight is 470 g/mol. The van der Waals surface area contributed by atoms with Crippen LogP contribution in [0, 0.1) is 0 Å². The van der Waals surface area contributed by atoms with Gasteiger partial charge in [0.2, 0.25) is 9.84 Å². The SMILES string of the molecule is CCCN(CCC)C(=O)c1cc(NC(=O)c2ccccc2S(=O)(=O)C(F)F)c(=O)n(C)c1. The van der Waals surface area contributed by atoms with E-state index < -0.39 is 37.5 Å². The number of aromatic nitrogens is 1. The van der Waals surface area contributed by atoms with Gasteiger partial charge in [0.25, 0.3) is 17.4 Å². The maximum atomic E-state index is 13.0. The van der Waals surface area contributed by atoms with E-state index >= 15 is 0 Å². The van der Waals surface area contributed by atoms with Crippen molar-refractivity contribution in [2.75, 3.05) is 18.4 Å². The molecule has 0 aliphatic heterocycles. The number of nitrogens with zero attached hydrogens (tertiary/aromatic N) is 2. The van der Waals surface area contributed by atoms with Crippen molar-refractivity contribution in [3.8, 4) is 0 Å². The van der Waals surface area contributed by atoms with Crippen molar-refractivity contribution in [3.05, 3.63) is 58.0 Å². The summed E-state index contributed by atoms with van der Waals surface area (Å²) >= 11 is 0. The molecule has 2 aromatic rings. The number of sulfone groups is 1. The van der Waals surface area contributed by atoms with Gasteiger partial charge in [0.05, 0.1) is 16.0 Å². The molecule has 0 aliphatic rings. The molecule has 0 atom stereocenters. The molecule has 174 valence electrons. The van der Waals surface area contributed by atoms with E-state index in [1.54, 1.807) is 4.90 Å². The number of hydrogen-bond donors (Lipinski definition) is 1. The average Bonchev–Trinajstić information content (AvgIpc) is 2.75. The molecule has 1 aromatic carbocycles. The van der Waals surface area contributed by atoms with Gasteiger partial charge >= 0.3 is 5.76 Å². The van der Waals surface area contributed by atoms with Crippen LogP contribution in [-0.2, 0) is 16.9 Å². The topological polar surface area (TPSA) is 106 Å². The van der Waals surface area contributed by atoms with Crippen molar-refractivity contribution in [3.63, 3.8) is 0 Å². The summed E-state index contributed by atoms with van der Waals surface area (Å²) in [6.07, 6.45) is 2.81. The lowest BCUT2D eigenvalue weighted by Crippen LogP contribution is -2.34. The third-order valence-electron chi connectivity index (χ3n) is 4.63. The second kappa shape index (κ2) is 10.5. The number of amides is 2. The van der Waals surface area contributed by atoms with Crippen LogP contribution in [0.2, 0.25) is 0 Å². The molecule has 2 amide bonds. The number of aryl methyl sites for hydroxylation is 1. The van der Waals surface area contributed by atoms with Gasteiger partial charge in [-0.15, -0.1) is 0 Å². The highest BCUT2D eigenvalue weighted by molar-refractivity contribution is 7.91. The predicted octanol–water partition coefficient (Wildman–Crippen LogP) is 2.90. The van der Waals surface area contributed by atoms with Crippen LogP contribution < -0.4 is 10.9 Å². The molecule has 0 spiro atoms. The first-order chi connectivity index (χ1) is 15.0. The molecule has 32 heavy (non-hydrogen) atoms. The van der Waals surface area contributed by atoms with Crippen LogP contribution in [0.25, 0.3) is 0 Å². The van der Waals surface area contributed by atoms with E-state index in [1.807, 2.05) is 13.8 Å². The van der Waals surface area contributed by atoms with Crippen molar-refractivity contribution < 1.29 is 26.8 Å². The molecule has 1 heterocycles. The predicted molar refractivity (Wildman–Crippen MR) is 116 cm³/mol. The van der Waals surface area contributed by atoms with Gasteiger partial charge in [-0.1, -0.05) is 26.0 Å². The Kier molecular flexibility index (Phi) is 8.25. The Bertz CT molecular complexity index is 1160. The number of alkyl halides is 2. The summed E-state index contributed by atoms with van der Waals surface area (Å²) in [5, 5.41) is 2.26. The summed E-state index contributed by atoms with van der Waals surface area (Å²) in [6.45, 7) is 4.87. The van der Waals surface area contributed by atoms with Crippen molar-refractivity contribution >= 4 is 27.3 Å². The molecule has 2 rings (SSSR count). The molecular formula is C21H25F2N3O5S. The zero-order chi connectivity index (χ0) is 24.1. The zero-order valence-corrected chi connectivity index (χ0v) is 18.8. The van der Waals surface area contributed by atoms with E-state index in [9.17, 15) is 31.6 Å². The molecule has 0 saturated heterocycles. The first kappa shape index (κ1) is 25.2. The minimum absolute atomic E-state index is 0.151. The maximum absolute atomic E-state index is 13.0. The number of carbonyl (C=O) groups excluding carboxylic acids is 2. The number of hydrogen-bond acceptors (Lipinski definition) is 5. The molecule has 0 radical (unpaired) electrons. The van der Waals surface area contributed by atoms with Crippen LogP contribution in [-0.4, -0.2) is 48.5 Å². The Balaban J connectivity index is 2.46. The Morgan fingerprint density at radius 1 is 1.12 bits per heavy atom. The van der Waals surface area contributed by atoms with Crippen LogP contribution in [0.4, 0.5) is 14.5 Å². The summed E-state index contributed by atoms with van der Waals surface area (Å²) in [5.41, 5.74) is -1.31. The van der Waals surface area contributed by atoms with Crippen LogP contribution >= 0.6 is 0 Å². The molecule has 0 bridgehead atoms. The zero-order valence-electron chi connectivity index (χ0n) is 18.0. The number of benzene rings is 1. The van der Waals surface area contributed by atoms with Crippen LogP contribution in [0.5, 0.6) is 0 Å². The van der Waals surface area contributed by atoms with Crippen LogP contribution in [0.1, 0.15) is 47.4 Å². The number of pyridine rings is 1. The van der Waals surface area contributed by atoms with Gasteiger partial charge in [0, 0.05) is 26.3 Å². The lowest BCUT2D eigenvalue weighted by atomic mass is 10.2. The number of nitrogens with one attached hydrogen (secondary N) is 1. The first-order valence-electron chi connectivity index (χ1n) is 9.96. The molecule has 1 aromatic heterocycles. The smallest absolute Gasteiger partial charge is 0.339 e. The molecular weight excluding hydrogens is 444 g/mol.